The van der Waals surface area contributed by atoms with Crippen molar-refractivity contribution in [1.29, 1.82) is 0 Å². The summed E-state index contributed by atoms with van der Waals surface area (Å²) in [4.78, 5) is 0. The maximum Gasteiger partial charge on any atom is 0.0577 e. The first-order valence-corrected chi connectivity index (χ1v) is 13.2. The van der Waals surface area contributed by atoms with Gasteiger partial charge in [0.25, 0.3) is 0 Å². The van der Waals surface area contributed by atoms with Crippen LogP contribution in [-0.4, -0.2) is 11.2 Å². The van der Waals surface area contributed by atoms with Gasteiger partial charge in [0.15, 0.2) is 0 Å². The van der Waals surface area contributed by atoms with Crippen molar-refractivity contribution in [2.45, 2.75) is 98.5 Å². The van der Waals surface area contributed by atoms with Crippen molar-refractivity contribution < 1.29 is 5.11 Å². The molecular formula is C29H46O. The van der Waals surface area contributed by atoms with Crippen LogP contribution in [0.2, 0.25) is 0 Å². The summed E-state index contributed by atoms with van der Waals surface area (Å²) in [6, 6.07) is 0. The summed E-state index contributed by atoms with van der Waals surface area (Å²) in [5.41, 5.74) is 4.07. The molecule has 168 valence electrons. The van der Waals surface area contributed by atoms with E-state index in [1.807, 2.05) is 0 Å². The van der Waals surface area contributed by atoms with Crippen LogP contribution in [0.25, 0.3) is 0 Å². The smallest absolute Gasteiger partial charge is 0.0577 e. The molecule has 5 rings (SSSR count). The van der Waals surface area contributed by atoms with E-state index in [1.165, 1.54) is 50.5 Å². The zero-order valence-electron chi connectivity index (χ0n) is 20.3. The Morgan fingerprint density at radius 1 is 1.07 bits per heavy atom. The lowest BCUT2D eigenvalue weighted by Gasteiger charge is -2.58. The minimum absolute atomic E-state index is 0.0847. The lowest BCUT2D eigenvalue weighted by Crippen LogP contribution is -2.51. The molecule has 4 saturated carbocycles. The Morgan fingerprint density at radius 2 is 1.83 bits per heavy atom. The van der Waals surface area contributed by atoms with Crippen LogP contribution in [0, 0.1) is 58.2 Å². The lowest BCUT2D eigenvalue weighted by atomic mass is 9.47. The molecule has 5 aliphatic carbocycles. The zero-order valence-corrected chi connectivity index (χ0v) is 20.3. The van der Waals surface area contributed by atoms with E-state index in [0.29, 0.717) is 16.7 Å². The largest absolute Gasteiger partial charge is 0.393 e. The molecule has 0 bridgehead atoms. The molecule has 10 atom stereocenters. The molecule has 1 N–H and O–H groups in total. The Hall–Kier alpha value is -0.560. The van der Waals surface area contributed by atoms with E-state index >= 15 is 0 Å². The van der Waals surface area contributed by atoms with Gasteiger partial charge in [0.1, 0.15) is 0 Å². The Labute approximate surface area is 185 Å². The van der Waals surface area contributed by atoms with Crippen molar-refractivity contribution in [3.05, 3.63) is 23.8 Å². The van der Waals surface area contributed by atoms with Gasteiger partial charge in [0.05, 0.1) is 6.10 Å². The van der Waals surface area contributed by atoms with Gasteiger partial charge in [-0.3, -0.25) is 0 Å². The van der Waals surface area contributed by atoms with E-state index in [2.05, 4.69) is 47.3 Å². The third-order valence-corrected chi connectivity index (χ3v) is 11.5. The summed E-state index contributed by atoms with van der Waals surface area (Å²) < 4.78 is 0. The fourth-order valence-corrected chi connectivity index (χ4v) is 9.49. The van der Waals surface area contributed by atoms with Gasteiger partial charge in [-0.05, 0) is 116 Å². The first-order chi connectivity index (χ1) is 14.2. The molecule has 0 aromatic heterocycles. The summed E-state index contributed by atoms with van der Waals surface area (Å²) >= 11 is 0. The Kier molecular flexibility index (Phi) is 5.13. The average Bonchev–Trinajstić information content (AvgIpc) is 3.42. The third kappa shape index (κ3) is 3.04. The first-order valence-electron chi connectivity index (χ1n) is 13.2. The Balaban J connectivity index is 1.34. The molecule has 1 nitrogen and oxygen atoms in total. The number of aliphatic hydroxyl groups excluding tert-OH is 1. The predicted molar refractivity (Wildman–Crippen MR) is 126 cm³/mol. The average molecular weight is 411 g/mol. The summed E-state index contributed by atoms with van der Waals surface area (Å²) in [5, 5.41) is 10.3. The molecule has 0 amide bonds. The van der Waals surface area contributed by atoms with Crippen molar-refractivity contribution in [3.63, 3.8) is 0 Å². The molecule has 0 spiro atoms. The number of rotatable bonds is 4. The van der Waals surface area contributed by atoms with Crippen molar-refractivity contribution in [2.75, 3.05) is 0 Å². The van der Waals surface area contributed by atoms with Crippen LogP contribution in [-0.2, 0) is 0 Å². The second kappa shape index (κ2) is 7.23. The second-order valence-corrected chi connectivity index (χ2v) is 13.0. The van der Waals surface area contributed by atoms with Gasteiger partial charge in [-0.25, -0.2) is 0 Å². The highest BCUT2D eigenvalue weighted by Gasteiger charge is 2.60. The topological polar surface area (TPSA) is 20.2 Å². The number of aliphatic hydroxyl groups is 1. The number of hydrogen-bond donors (Lipinski definition) is 1. The fraction of sp³-hybridized carbons (Fsp3) is 0.862. The molecule has 0 heterocycles. The number of fused-ring (bicyclic) bond motifs is 5. The van der Waals surface area contributed by atoms with Crippen LogP contribution >= 0.6 is 0 Å². The maximum absolute atomic E-state index is 10.3. The van der Waals surface area contributed by atoms with Crippen LogP contribution in [0.5, 0.6) is 0 Å². The molecular weight excluding hydrogens is 364 g/mol. The van der Waals surface area contributed by atoms with E-state index in [-0.39, 0.29) is 6.10 Å². The Morgan fingerprint density at radius 3 is 2.57 bits per heavy atom. The van der Waals surface area contributed by atoms with Crippen LogP contribution in [0.15, 0.2) is 23.8 Å². The van der Waals surface area contributed by atoms with Crippen molar-refractivity contribution >= 4 is 0 Å². The number of hydrogen-bond acceptors (Lipinski definition) is 1. The van der Waals surface area contributed by atoms with Gasteiger partial charge in [-0.1, -0.05) is 58.4 Å². The summed E-state index contributed by atoms with van der Waals surface area (Å²) in [6.45, 7) is 17.0. The van der Waals surface area contributed by atoms with Crippen LogP contribution in [0.1, 0.15) is 92.4 Å². The number of allylic oxidation sites excluding steroid dienone is 2. The molecule has 4 fully saturated rings. The third-order valence-electron chi connectivity index (χ3n) is 11.5. The van der Waals surface area contributed by atoms with Crippen LogP contribution in [0.3, 0.4) is 0 Å². The van der Waals surface area contributed by atoms with Crippen LogP contribution < -0.4 is 0 Å². The van der Waals surface area contributed by atoms with Crippen molar-refractivity contribution in [2.24, 2.45) is 58.2 Å². The molecule has 1 unspecified atom stereocenters. The van der Waals surface area contributed by atoms with Gasteiger partial charge < -0.3 is 5.11 Å². The standard InChI is InChI=1S/C29H46O/c1-17(2)18(3)23-16-24(23)19(4)25-9-10-26-22-8-7-20-15-21(30)11-13-28(20,5)27(22)12-14-29(25,26)6/h7,17,19,21-27,30H,3,8-16H2,1-2,4-6H3/t19-,21+,22+,23?,24-,25-,26+,27+,28+,29-/m1/s1. The summed E-state index contributed by atoms with van der Waals surface area (Å²) in [6.07, 6.45) is 14.2. The highest BCUT2D eigenvalue weighted by molar-refractivity contribution is 5.25. The summed E-state index contributed by atoms with van der Waals surface area (Å²) in [5.74, 6) is 6.84. The van der Waals surface area contributed by atoms with E-state index in [9.17, 15) is 5.11 Å². The zero-order chi connectivity index (χ0) is 21.4. The quantitative estimate of drug-likeness (QED) is 0.478. The fourth-order valence-electron chi connectivity index (χ4n) is 9.49. The molecule has 0 aliphatic heterocycles. The normalized spacial score (nSPS) is 50.9. The SMILES string of the molecule is C=C(C(C)C)C1C[C@@H]1[C@@H](C)[C@H]1CC[C@H]2[C@@H]3CC=C4C[C@@H](O)CC[C@]4(C)[C@H]3CC[C@]12C. The maximum atomic E-state index is 10.3. The Bertz CT molecular complexity index is 733. The first kappa shape index (κ1) is 21.3. The summed E-state index contributed by atoms with van der Waals surface area (Å²) in [7, 11) is 0. The minimum atomic E-state index is -0.0847. The molecule has 0 saturated heterocycles. The van der Waals surface area contributed by atoms with Gasteiger partial charge in [-0.2, -0.15) is 0 Å². The molecule has 0 aromatic rings. The lowest BCUT2D eigenvalue weighted by molar-refractivity contribution is -0.0583. The highest BCUT2D eigenvalue weighted by atomic mass is 16.3. The van der Waals surface area contributed by atoms with Gasteiger partial charge in [0.2, 0.25) is 0 Å². The molecule has 1 heteroatoms. The second-order valence-electron chi connectivity index (χ2n) is 13.0. The van der Waals surface area contributed by atoms with Crippen molar-refractivity contribution in [1.82, 2.24) is 0 Å². The highest BCUT2D eigenvalue weighted by Crippen LogP contribution is 2.69. The molecule has 0 aromatic carbocycles. The van der Waals surface area contributed by atoms with E-state index in [1.54, 1.807) is 5.57 Å². The van der Waals surface area contributed by atoms with Gasteiger partial charge in [0, 0.05) is 0 Å². The molecule has 30 heavy (non-hydrogen) atoms. The van der Waals surface area contributed by atoms with Gasteiger partial charge in [-0.15, -0.1) is 0 Å². The van der Waals surface area contributed by atoms with E-state index < -0.39 is 0 Å². The van der Waals surface area contributed by atoms with E-state index in [4.69, 9.17) is 0 Å². The van der Waals surface area contributed by atoms with E-state index in [0.717, 1.165) is 54.3 Å². The molecule has 5 aliphatic rings. The van der Waals surface area contributed by atoms with Gasteiger partial charge >= 0.3 is 0 Å². The predicted octanol–water partition coefficient (Wildman–Crippen LogP) is 7.41. The van der Waals surface area contributed by atoms with Crippen LogP contribution in [0.4, 0.5) is 0 Å². The monoisotopic (exact) mass is 410 g/mol. The minimum Gasteiger partial charge on any atom is -0.393 e. The molecule has 0 radical (unpaired) electrons. The van der Waals surface area contributed by atoms with Crippen molar-refractivity contribution in [3.8, 4) is 0 Å².